The molecule has 0 aromatic heterocycles. The summed E-state index contributed by atoms with van der Waals surface area (Å²) in [5.41, 5.74) is 0. The van der Waals surface area contributed by atoms with Gasteiger partial charge < -0.3 is 0 Å². The number of hydrogen-bond donors (Lipinski definition) is 0. The van der Waals surface area contributed by atoms with Gasteiger partial charge in [0.25, 0.3) is 0 Å². The van der Waals surface area contributed by atoms with Crippen molar-refractivity contribution in [2.45, 2.75) is 52.2 Å². The second-order valence-electron chi connectivity index (χ2n) is 2.57. The Hall–Kier alpha value is 0.0649. The molecule has 0 nitrogen and oxygen atoms in total. The molecule has 0 unspecified atom stereocenters. The lowest BCUT2D eigenvalue weighted by Gasteiger charge is -1.94. The molecule has 0 N–H and O–H groups in total. The van der Waals surface area contributed by atoms with E-state index in [1.54, 1.807) is 0 Å². The third-order valence-electron chi connectivity index (χ3n) is 1.50. The predicted molar refractivity (Wildman–Crippen MR) is 45.2 cm³/mol. The molecule has 0 aromatic rings. The molecule has 1 heteroatoms. The second kappa shape index (κ2) is 8.06. The molecule has 0 aliphatic carbocycles. The number of unbranched alkanes of at least 4 members (excludes halogenated alkanes) is 2. The van der Waals surface area contributed by atoms with Crippen LogP contribution in [0.3, 0.4) is 0 Å². The highest BCUT2D eigenvalue weighted by atomic mass is 13.8. The van der Waals surface area contributed by atoms with Gasteiger partial charge in [0.1, 0.15) is 7.28 Å². The summed E-state index contributed by atoms with van der Waals surface area (Å²) in [6, 6.07) is 0. The van der Waals surface area contributed by atoms with Crippen molar-refractivity contribution in [1.82, 2.24) is 0 Å². The Morgan fingerprint density at radius 3 is 2.22 bits per heavy atom. The summed E-state index contributed by atoms with van der Waals surface area (Å²) in [4.78, 5) is 0. The van der Waals surface area contributed by atoms with Gasteiger partial charge in [0.2, 0.25) is 0 Å². The van der Waals surface area contributed by atoms with E-state index in [9.17, 15) is 0 Å². The Morgan fingerprint density at radius 1 is 0.889 bits per heavy atom. The van der Waals surface area contributed by atoms with Crippen LogP contribution in [0, 0.1) is 0 Å². The smallest absolute Gasteiger partial charge is 0.0806 e. The first-order valence-electron chi connectivity index (χ1n) is 4.23. The second-order valence-corrected chi connectivity index (χ2v) is 2.57. The standard InChI is InChI=1S/C8H18B/c1-3-5-6-8-9-7-4-2/h3-8H2,1-2H3. The molecule has 0 rings (SSSR count). The van der Waals surface area contributed by atoms with Crippen LogP contribution in [0.5, 0.6) is 0 Å². The van der Waals surface area contributed by atoms with Crippen LogP contribution in [0.2, 0.25) is 12.6 Å². The summed E-state index contributed by atoms with van der Waals surface area (Å²) in [5.74, 6) is 0. The molecule has 0 aromatic carbocycles. The van der Waals surface area contributed by atoms with Crippen LogP contribution in [-0.2, 0) is 0 Å². The Labute approximate surface area is 60.3 Å². The summed E-state index contributed by atoms with van der Waals surface area (Å²) in [7, 11) is 2.41. The lowest BCUT2D eigenvalue weighted by Crippen LogP contribution is -1.86. The van der Waals surface area contributed by atoms with Crippen LogP contribution >= 0.6 is 0 Å². The van der Waals surface area contributed by atoms with Crippen molar-refractivity contribution >= 4 is 7.28 Å². The van der Waals surface area contributed by atoms with Crippen LogP contribution in [0.15, 0.2) is 0 Å². The van der Waals surface area contributed by atoms with Gasteiger partial charge in [-0.2, -0.15) is 0 Å². The third-order valence-corrected chi connectivity index (χ3v) is 1.50. The maximum absolute atomic E-state index is 2.41. The van der Waals surface area contributed by atoms with Crippen molar-refractivity contribution in [2.24, 2.45) is 0 Å². The molecular weight excluding hydrogens is 107 g/mol. The van der Waals surface area contributed by atoms with Crippen molar-refractivity contribution in [3.63, 3.8) is 0 Å². The van der Waals surface area contributed by atoms with Crippen molar-refractivity contribution < 1.29 is 0 Å². The fourth-order valence-corrected chi connectivity index (χ4v) is 0.887. The highest BCUT2D eigenvalue weighted by Gasteiger charge is 1.87. The van der Waals surface area contributed by atoms with Crippen LogP contribution in [0.1, 0.15) is 39.5 Å². The minimum atomic E-state index is 1.31. The van der Waals surface area contributed by atoms with Crippen LogP contribution in [-0.4, -0.2) is 7.28 Å². The lowest BCUT2D eigenvalue weighted by molar-refractivity contribution is 0.767. The van der Waals surface area contributed by atoms with Gasteiger partial charge in [-0.3, -0.25) is 0 Å². The van der Waals surface area contributed by atoms with Crippen molar-refractivity contribution in [3.05, 3.63) is 0 Å². The number of hydrogen-bond acceptors (Lipinski definition) is 0. The van der Waals surface area contributed by atoms with E-state index in [1.807, 2.05) is 0 Å². The summed E-state index contributed by atoms with van der Waals surface area (Å²) < 4.78 is 0. The molecule has 0 saturated heterocycles. The summed E-state index contributed by atoms with van der Waals surface area (Å²) in [5, 5.41) is 0. The fraction of sp³-hybridized carbons (Fsp3) is 1.00. The zero-order valence-electron chi connectivity index (χ0n) is 6.82. The summed E-state index contributed by atoms with van der Waals surface area (Å²) in [6.07, 6.45) is 8.11. The molecule has 9 heavy (non-hydrogen) atoms. The molecule has 0 aliphatic rings. The van der Waals surface area contributed by atoms with Crippen LogP contribution in [0.4, 0.5) is 0 Å². The Kier molecular flexibility index (Phi) is 8.12. The Bertz CT molecular complexity index is 37.8. The van der Waals surface area contributed by atoms with Gasteiger partial charge in [-0.05, 0) is 0 Å². The van der Waals surface area contributed by atoms with Crippen LogP contribution < -0.4 is 0 Å². The molecule has 53 valence electrons. The maximum atomic E-state index is 2.41. The first-order valence-corrected chi connectivity index (χ1v) is 4.23. The molecule has 0 saturated carbocycles. The largest absolute Gasteiger partial charge is 0.109 e. The molecule has 0 fully saturated rings. The Morgan fingerprint density at radius 2 is 1.67 bits per heavy atom. The van der Waals surface area contributed by atoms with E-state index in [0.717, 1.165) is 0 Å². The van der Waals surface area contributed by atoms with Gasteiger partial charge >= 0.3 is 0 Å². The predicted octanol–water partition coefficient (Wildman–Crippen LogP) is 3.13. The number of rotatable bonds is 6. The first-order chi connectivity index (χ1) is 4.41. The van der Waals surface area contributed by atoms with E-state index < -0.39 is 0 Å². The average molecular weight is 125 g/mol. The quantitative estimate of drug-likeness (QED) is 0.378. The van der Waals surface area contributed by atoms with Crippen LogP contribution in [0.25, 0.3) is 0 Å². The summed E-state index contributed by atoms with van der Waals surface area (Å²) in [6.45, 7) is 4.48. The van der Waals surface area contributed by atoms with Crippen molar-refractivity contribution in [1.29, 1.82) is 0 Å². The zero-order valence-corrected chi connectivity index (χ0v) is 6.82. The average Bonchev–Trinajstić information content (AvgIpc) is 1.89. The molecule has 0 bridgehead atoms. The minimum Gasteiger partial charge on any atom is -0.0806 e. The minimum absolute atomic E-state index is 1.31. The monoisotopic (exact) mass is 125 g/mol. The van der Waals surface area contributed by atoms with Gasteiger partial charge in [-0.1, -0.05) is 52.2 Å². The maximum Gasteiger partial charge on any atom is 0.109 e. The van der Waals surface area contributed by atoms with Gasteiger partial charge in [0, 0.05) is 0 Å². The molecule has 0 aliphatic heterocycles. The van der Waals surface area contributed by atoms with Crippen molar-refractivity contribution in [3.8, 4) is 0 Å². The summed E-state index contributed by atoms with van der Waals surface area (Å²) >= 11 is 0. The SMILES string of the molecule is CCC[B]CCCCC. The van der Waals surface area contributed by atoms with E-state index in [-0.39, 0.29) is 0 Å². The topological polar surface area (TPSA) is 0 Å². The van der Waals surface area contributed by atoms with E-state index in [2.05, 4.69) is 21.1 Å². The third kappa shape index (κ3) is 8.06. The van der Waals surface area contributed by atoms with Gasteiger partial charge in [0.05, 0.1) is 0 Å². The molecule has 0 atom stereocenters. The molecular formula is C8H18B. The highest BCUT2D eigenvalue weighted by molar-refractivity contribution is 6.35. The lowest BCUT2D eigenvalue weighted by atomic mass is 9.69. The normalized spacial score (nSPS) is 9.56. The highest BCUT2D eigenvalue weighted by Crippen LogP contribution is 2.00. The van der Waals surface area contributed by atoms with Gasteiger partial charge in [-0.25, -0.2) is 0 Å². The fourth-order valence-electron chi connectivity index (χ4n) is 0.887. The zero-order chi connectivity index (χ0) is 6.95. The van der Waals surface area contributed by atoms with E-state index in [1.165, 1.54) is 38.3 Å². The molecule has 0 amide bonds. The molecule has 1 radical (unpaired) electrons. The molecule has 0 heterocycles. The molecule has 0 spiro atoms. The first kappa shape index (κ1) is 9.06. The van der Waals surface area contributed by atoms with E-state index in [4.69, 9.17) is 0 Å². The van der Waals surface area contributed by atoms with Gasteiger partial charge in [0.15, 0.2) is 0 Å². The van der Waals surface area contributed by atoms with E-state index in [0.29, 0.717) is 0 Å². The Balaban J connectivity index is 2.60. The van der Waals surface area contributed by atoms with Crippen molar-refractivity contribution in [2.75, 3.05) is 0 Å². The van der Waals surface area contributed by atoms with E-state index >= 15 is 0 Å². The van der Waals surface area contributed by atoms with Gasteiger partial charge in [-0.15, -0.1) is 0 Å².